The van der Waals surface area contributed by atoms with Gasteiger partial charge in [0.05, 0.1) is 23.6 Å². The zero-order valence-electron chi connectivity index (χ0n) is 13.1. The van der Waals surface area contributed by atoms with Crippen LogP contribution in [0.25, 0.3) is 11.3 Å². The van der Waals surface area contributed by atoms with Gasteiger partial charge in [0.15, 0.2) is 5.76 Å². The van der Waals surface area contributed by atoms with Crippen molar-refractivity contribution in [2.75, 3.05) is 0 Å². The molecule has 3 aromatic rings. The highest BCUT2D eigenvalue weighted by Gasteiger charge is 2.13. The molecule has 6 heteroatoms. The van der Waals surface area contributed by atoms with E-state index in [0.29, 0.717) is 6.54 Å². The third-order valence-electron chi connectivity index (χ3n) is 3.82. The number of aryl methyl sites for hydroxylation is 1. The van der Waals surface area contributed by atoms with Gasteiger partial charge in [-0.3, -0.25) is 5.10 Å². The lowest BCUT2D eigenvalue weighted by Crippen LogP contribution is -2.17. The summed E-state index contributed by atoms with van der Waals surface area (Å²) >= 11 is 0. The third kappa shape index (κ3) is 3.48. The molecule has 2 heterocycles. The summed E-state index contributed by atoms with van der Waals surface area (Å²) in [4.78, 5) is 0. The van der Waals surface area contributed by atoms with E-state index in [-0.39, 0.29) is 11.9 Å². The second-order valence-electron chi connectivity index (χ2n) is 5.45. The number of nitrogens with one attached hydrogen (secondary N) is 2. The van der Waals surface area contributed by atoms with Gasteiger partial charge in [-0.15, -0.1) is 0 Å². The first kappa shape index (κ1) is 15.4. The largest absolute Gasteiger partial charge is 0.359 e. The molecule has 0 spiro atoms. The summed E-state index contributed by atoms with van der Waals surface area (Å²) in [6.07, 6.45) is 2.63. The minimum Gasteiger partial charge on any atom is -0.359 e. The Morgan fingerprint density at radius 3 is 2.78 bits per heavy atom. The minimum absolute atomic E-state index is 0.0405. The molecule has 1 aromatic carbocycles. The van der Waals surface area contributed by atoms with Gasteiger partial charge in [0.1, 0.15) is 5.82 Å². The van der Waals surface area contributed by atoms with Crippen LogP contribution in [0.5, 0.6) is 0 Å². The molecule has 120 valence electrons. The summed E-state index contributed by atoms with van der Waals surface area (Å²) in [6, 6.07) is 8.36. The Morgan fingerprint density at radius 2 is 2.09 bits per heavy atom. The van der Waals surface area contributed by atoms with E-state index < -0.39 is 0 Å². The highest BCUT2D eigenvalue weighted by Crippen LogP contribution is 2.22. The normalized spacial score (nSPS) is 12.5. The van der Waals surface area contributed by atoms with Gasteiger partial charge in [-0.2, -0.15) is 5.10 Å². The molecule has 0 amide bonds. The Kier molecular flexibility index (Phi) is 4.52. The van der Waals surface area contributed by atoms with Crippen molar-refractivity contribution >= 4 is 0 Å². The van der Waals surface area contributed by atoms with Gasteiger partial charge < -0.3 is 9.84 Å². The van der Waals surface area contributed by atoms with Crippen molar-refractivity contribution in [2.45, 2.75) is 32.9 Å². The van der Waals surface area contributed by atoms with E-state index in [4.69, 9.17) is 4.52 Å². The SMILES string of the molecule is CCc1cc(C(C)NCc2cn[nH]c2-c2ccc(F)cc2)on1. The second-order valence-corrected chi connectivity index (χ2v) is 5.45. The molecule has 0 aliphatic rings. The number of hydrogen-bond acceptors (Lipinski definition) is 4. The Hall–Kier alpha value is -2.47. The van der Waals surface area contributed by atoms with Gasteiger partial charge in [0.25, 0.3) is 0 Å². The van der Waals surface area contributed by atoms with E-state index in [1.807, 2.05) is 19.9 Å². The predicted octanol–water partition coefficient (Wildman–Crippen LogP) is 3.62. The van der Waals surface area contributed by atoms with E-state index in [9.17, 15) is 4.39 Å². The maximum absolute atomic E-state index is 13.0. The number of H-pyrrole nitrogens is 1. The first-order valence-corrected chi connectivity index (χ1v) is 7.64. The van der Waals surface area contributed by atoms with E-state index in [0.717, 1.165) is 34.7 Å². The third-order valence-corrected chi connectivity index (χ3v) is 3.82. The highest BCUT2D eigenvalue weighted by molar-refractivity contribution is 5.62. The van der Waals surface area contributed by atoms with Crippen molar-refractivity contribution < 1.29 is 8.91 Å². The van der Waals surface area contributed by atoms with Gasteiger partial charge in [0.2, 0.25) is 0 Å². The summed E-state index contributed by atoms with van der Waals surface area (Å²) in [5.41, 5.74) is 3.75. The summed E-state index contributed by atoms with van der Waals surface area (Å²) in [7, 11) is 0. The fourth-order valence-corrected chi connectivity index (χ4v) is 2.37. The Morgan fingerprint density at radius 1 is 1.30 bits per heavy atom. The molecule has 0 saturated carbocycles. The zero-order valence-corrected chi connectivity index (χ0v) is 13.1. The maximum Gasteiger partial charge on any atom is 0.153 e. The smallest absolute Gasteiger partial charge is 0.153 e. The number of rotatable bonds is 6. The van der Waals surface area contributed by atoms with Crippen molar-refractivity contribution in [3.8, 4) is 11.3 Å². The average molecular weight is 314 g/mol. The standard InChI is InChI=1S/C17H19FN4O/c1-3-15-8-16(23-22-15)11(2)19-9-13-10-20-21-17(13)12-4-6-14(18)7-5-12/h4-8,10-11,19H,3,9H2,1-2H3,(H,20,21). The number of halogens is 1. The number of aromatic amines is 1. The van der Waals surface area contributed by atoms with Gasteiger partial charge in [0, 0.05) is 23.7 Å². The highest BCUT2D eigenvalue weighted by atomic mass is 19.1. The fraction of sp³-hybridized carbons (Fsp3) is 0.294. The molecule has 5 nitrogen and oxygen atoms in total. The van der Waals surface area contributed by atoms with Gasteiger partial charge in [-0.25, -0.2) is 4.39 Å². The monoisotopic (exact) mass is 314 g/mol. The fourth-order valence-electron chi connectivity index (χ4n) is 2.37. The van der Waals surface area contributed by atoms with Crippen LogP contribution in [0.1, 0.15) is 36.9 Å². The van der Waals surface area contributed by atoms with Crippen molar-refractivity contribution in [2.24, 2.45) is 0 Å². The molecule has 3 rings (SSSR count). The molecule has 1 unspecified atom stereocenters. The minimum atomic E-state index is -0.251. The van der Waals surface area contributed by atoms with E-state index >= 15 is 0 Å². The maximum atomic E-state index is 13.0. The Bertz CT molecular complexity index is 763. The topological polar surface area (TPSA) is 66.7 Å². The Labute approximate surface area is 133 Å². The number of aromatic nitrogens is 3. The summed E-state index contributed by atoms with van der Waals surface area (Å²) in [6.45, 7) is 4.68. The molecular weight excluding hydrogens is 295 g/mol. The van der Waals surface area contributed by atoms with E-state index in [2.05, 4.69) is 20.7 Å². The predicted molar refractivity (Wildman–Crippen MR) is 85.1 cm³/mol. The summed E-state index contributed by atoms with van der Waals surface area (Å²) in [5.74, 6) is 0.562. The molecule has 0 radical (unpaired) electrons. The first-order valence-electron chi connectivity index (χ1n) is 7.64. The summed E-state index contributed by atoms with van der Waals surface area (Å²) < 4.78 is 18.4. The molecule has 0 aliphatic heterocycles. The molecule has 1 atom stereocenters. The molecule has 0 saturated heterocycles. The zero-order chi connectivity index (χ0) is 16.2. The lowest BCUT2D eigenvalue weighted by Gasteiger charge is -2.10. The molecule has 0 bridgehead atoms. The lowest BCUT2D eigenvalue weighted by atomic mass is 10.1. The molecule has 2 N–H and O–H groups in total. The van der Waals surface area contributed by atoms with E-state index in [1.54, 1.807) is 18.3 Å². The van der Waals surface area contributed by atoms with Crippen LogP contribution in [-0.4, -0.2) is 15.4 Å². The molecular formula is C17H19FN4O. The quantitative estimate of drug-likeness (QED) is 0.729. The number of hydrogen-bond donors (Lipinski definition) is 2. The van der Waals surface area contributed by atoms with Crippen LogP contribution in [0.2, 0.25) is 0 Å². The van der Waals surface area contributed by atoms with Crippen LogP contribution in [0.4, 0.5) is 4.39 Å². The van der Waals surface area contributed by atoms with Crippen LogP contribution in [-0.2, 0) is 13.0 Å². The van der Waals surface area contributed by atoms with Crippen LogP contribution in [0, 0.1) is 5.82 Å². The van der Waals surface area contributed by atoms with Crippen molar-refractivity contribution in [1.82, 2.24) is 20.7 Å². The molecule has 23 heavy (non-hydrogen) atoms. The van der Waals surface area contributed by atoms with Crippen LogP contribution >= 0.6 is 0 Å². The van der Waals surface area contributed by atoms with Gasteiger partial charge in [-0.1, -0.05) is 12.1 Å². The Balaban J connectivity index is 1.69. The molecule has 0 fully saturated rings. The molecule has 0 aliphatic carbocycles. The number of nitrogens with zero attached hydrogens (tertiary/aromatic N) is 2. The van der Waals surface area contributed by atoms with Crippen LogP contribution in [0.15, 0.2) is 41.1 Å². The van der Waals surface area contributed by atoms with Crippen molar-refractivity contribution in [1.29, 1.82) is 0 Å². The van der Waals surface area contributed by atoms with Crippen LogP contribution < -0.4 is 5.32 Å². The average Bonchev–Trinajstić information content (AvgIpc) is 3.22. The number of benzene rings is 1. The molecule has 2 aromatic heterocycles. The van der Waals surface area contributed by atoms with E-state index in [1.165, 1.54) is 12.1 Å². The van der Waals surface area contributed by atoms with Crippen molar-refractivity contribution in [3.05, 3.63) is 59.4 Å². The van der Waals surface area contributed by atoms with Crippen molar-refractivity contribution in [3.63, 3.8) is 0 Å². The van der Waals surface area contributed by atoms with Crippen LogP contribution in [0.3, 0.4) is 0 Å². The summed E-state index contributed by atoms with van der Waals surface area (Å²) in [5, 5.41) is 14.5. The lowest BCUT2D eigenvalue weighted by molar-refractivity contribution is 0.342. The first-order chi connectivity index (χ1) is 11.2. The van der Waals surface area contributed by atoms with Gasteiger partial charge in [-0.05, 0) is 37.6 Å². The van der Waals surface area contributed by atoms with Gasteiger partial charge >= 0.3 is 0 Å². The second kappa shape index (κ2) is 6.75.